The third-order valence-corrected chi connectivity index (χ3v) is 7.93. The Hall–Kier alpha value is -3.56. The number of sulfone groups is 1. The van der Waals surface area contributed by atoms with Crippen molar-refractivity contribution in [1.82, 2.24) is 0 Å². The van der Waals surface area contributed by atoms with Gasteiger partial charge in [0.2, 0.25) is 0 Å². The number of ether oxygens (including phenoxy) is 5. The van der Waals surface area contributed by atoms with Crippen LogP contribution in [0.4, 0.5) is 0 Å². The van der Waals surface area contributed by atoms with E-state index >= 15 is 0 Å². The van der Waals surface area contributed by atoms with Crippen molar-refractivity contribution in [2.24, 2.45) is 0 Å². The maximum atomic E-state index is 11.7. The van der Waals surface area contributed by atoms with Gasteiger partial charge in [-0.05, 0) is 58.5 Å². The highest BCUT2D eigenvalue weighted by Gasteiger charge is 2.27. The molecule has 1 atom stereocenters. The predicted molar refractivity (Wildman–Crippen MR) is 146 cm³/mol. The maximum Gasteiger partial charge on any atom is 0.306 e. The lowest BCUT2D eigenvalue weighted by Crippen LogP contribution is -2.09. The predicted octanol–water partition coefficient (Wildman–Crippen LogP) is 4.82. The summed E-state index contributed by atoms with van der Waals surface area (Å²) in [5.41, 5.74) is 6.30. The summed E-state index contributed by atoms with van der Waals surface area (Å²) in [5.74, 6) is 1.98. The molecule has 0 aromatic heterocycles. The van der Waals surface area contributed by atoms with E-state index in [1.54, 1.807) is 0 Å². The van der Waals surface area contributed by atoms with E-state index in [-0.39, 0.29) is 17.6 Å². The quantitative estimate of drug-likeness (QED) is 0.261. The van der Waals surface area contributed by atoms with Crippen molar-refractivity contribution in [3.8, 4) is 28.4 Å². The first-order valence-electron chi connectivity index (χ1n) is 12.9. The molecule has 0 spiro atoms. The highest BCUT2D eigenvalue weighted by atomic mass is 32.2. The molecule has 0 saturated heterocycles. The molecule has 0 fully saturated rings. The molecule has 0 radical (unpaired) electrons. The first-order valence-corrected chi connectivity index (χ1v) is 14.9. The first-order chi connectivity index (χ1) is 18.8. The zero-order chi connectivity index (χ0) is 27.4. The fourth-order valence-electron chi connectivity index (χ4n) is 4.88. The number of fused-ring (bicyclic) bond motifs is 4. The van der Waals surface area contributed by atoms with Gasteiger partial charge in [0.05, 0.1) is 45.7 Å². The zero-order valence-electron chi connectivity index (χ0n) is 22.1. The largest absolute Gasteiger partial charge is 0.494 e. The molecule has 2 heterocycles. The van der Waals surface area contributed by atoms with Crippen LogP contribution in [0.15, 0.2) is 54.6 Å². The Bertz CT molecular complexity index is 1460. The minimum atomic E-state index is -3.00. The normalized spacial score (nSPS) is 15.8. The van der Waals surface area contributed by atoms with E-state index in [0.717, 1.165) is 39.1 Å². The van der Waals surface area contributed by atoms with Gasteiger partial charge in [-0.25, -0.2) is 8.42 Å². The summed E-state index contributed by atoms with van der Waals surface area (Å²) in [4.78, 5) is 11.7. The number of rotatable bonds is 10. The van der Waals surface area contributed by atoms with Crippen LogP contribution in [0, 0.1) is 0 Å². The van der Waals surface area contributed by atoms with E-state index in [0.29, 0.717) is 57.4 Å². The molecular weight excluding hydrogens is 520 g/mol. The smallest absolute Gasteiger partial charge is 0.306 e. The Morgan fingerprint density at radius 3 is 2.56 bits per heavy atom. The second-order valence-corrected chi connectivity index (χ2v) is 12.2. The molecule has 206 valence electrons. The topological polar surface area (TPSA) is 97.4 Å². The highest BCUT2D eigenvalue weighted by molar-refractivity contribution is 7.90. The summed E-state index contributed by atoms with van der Waals surface area (Å²) in [6, 6.07) is 17.9. The fraction of sp³-hybridized carbons (Fsp3) is 0.367. The minimum absolute atomic E-state index is 0.00762. The zero-order valence-corrected chi connectivity index (χ0v) is 22.9. The average Bonchev–Trinajstić information content (AvgIpc) is 3.22. The van der Waals surface area contributed by atoms with Crippen molar-refractivity contribution in [2.75, 3.05) is 32.3 Å². The molecule has 2 aliphatic rings. The molecule has 0 N–H and O–H groups in total. The summed E-state index contributed by atoms with van der Waals surface area (Å²) in [5, 5.41) is 0. The van der Waals surface area contributed by atoms with Crippen LogP contribution < -0.4 is 14.2 Å². The van der Waals surface area contributed by atoms with Crippen LogP contribution in [0.1, 0.15) is 41.0 Å². The highest BCUT2D eigenvalue weighted by Crippen LogP contribution is 2.39. The number of hydrogen-bond donors (Lipinski definition) is 0. The van der Waals surface area contributed by atoms with Crippen molar-refractivity contribution in [2.45, 2.75) is 38.6 Å². The monoisotopic (exact) mass is 552 g/mol. The van der Waals surface area contributed by atoms with Crippen LogP contribution >= 0.6 is 0 Å². The Morgan fingerprint density at radius 1 is 0.949 bits per heavy atom. The molecular formula is C30H32O8S. The van der Waals surface area contributed by atoms with Gasteiger partial charge >= 0.3 is 5.97 Å². The lowest BCUT2D eigenvalue weighted by Gasteiger charge is -2.14. The third kappa shape index (κ3) is 6.72. The van der Waals surface area contributed by atoms with Gasteiger partial charge in [-0.2, -0.15) is 0 Å². The fourth-order valence-corrected chi connectivity index (χ4v) is 5.52. The molecule has 2 aliphatic heterocycles. The number of benzene rings is 3. The van der Waals surface area contributed by atoms with Crippen molar-refractivity contribution in [3.63, 3.8) is 0 Å². The molecule has 0 amide bonds. The number of carbonyl (C=O) groups is 1. The Labute approximate surface area is 228 Å². The average molecular weight is 553 g/mol. The van der Waals surface area contributed by atoms with E-state index in [4.69, 9.17) is 23.7 Å². The van der Waals surface area contributed by atoms with Gasteiger partial charge in [-0.15, -0.1) is 0 Å². The molecule has 1 unspecified atom stereocenters. The van der Waals surface area contributed by atoms with Crippen molar-refractivity contribution in [1.29, 1.82) is 0 Å². The van der Waals surface area contributed by atoms with Gasteiger partial charge in [0.1, 0.15) is 33.7 Å². The van der Waals surface area contributed by atoms with Crippen LogP contribution in [-0.2, 0) is 43.9 Å². The van der Waals surface area contributed by atoms with Crippen molar-refractivity contribution >= 4 is 15.8 Å². The minimum Gasteiger partial charge on any atom is -0.494 e. The summed E-state index contributed by atoms with van der Waals surface area (Å²) in [7, 11) is -1.61. The molecule has 3 aromatic carbocycles. The van der Waals surface area contributed by atoms with Gasteiger partial charge in [-0.3, -0.25) is 4.79 Å². The number of esters is 1. The molecule has 0 saturated carbocycles. The SMILES string of the molecule is COC(=O)CC1COc2cc(OCc3ccc4c(c3)-c3ccc(OCCCS(C)(=O)=O)cc3COC4)ccc21. The van der Waals surface area contributed by atoms with Crippen LogP contribution in [0.2, 0.25) is 0 Å². The summed E-state index contributed by atoms with van der Waals surface area (Å²) in [6.07, 6.45) is 1.97. The molecule has 3 aromatic rings. The van der Waals surface area contributed by atoms with Gasteiger partial charge in [0.15, 0.2) is 0 Å². The molecule has 0 aliphatic carbocycles. The standard InChI is InChI=1S/C30H32O8S/c1-34-30(31)14-23-19-38-29-15-25(7-9-27(23)29)37-16-20-4-5-21-17-35-18-22-13-24(6-8-26(22)28(21)12-20)36-10-3-11-39(2,32)33/h4-9,12-13,15,23H,3,10-11,14,16-19H2,1-2H3. The van der Waals surface area contributed by atoms with Gasteiger partial charge in [-0.1, -0.05) is 24.3 Å². The van der Waals surface area contributed by atoms with Crippen LogP contribution in [0.25, 0.3) is 11.1 Å². The maximum absolute atomic E-state index is 11.7. The summed E-state index contributed by atoms with van der Waals surface area (Å²) in [6.45, 7) is 2.14. The van der Waals surface area contributed by atoms with E-state index in [2.05, 4.69) is 12.1 Å². The van der Waals surface area contributed by atoms with E-state index < -0.39 is 9.84 Å². The van der Waals surface area contributed by atoms with Crippen LogP contribution in [0.5, 0.6) is 17.2 Å². The molecule has 39 heavy (non-hydrogen) atoms. The lowest BCUT2D eigenvalue weighted by atomic mass is 9.95. The lowest BCUT2D eigenvalue weighted by molar-refractivity contribution is -0.141. The number of hydrogen-bond acceptors (Lipinski definition) is 8. The summed E-state index contributed by atoms with van der Waals surface area (Å²) >= 11 is 0. The van der Waals surface area contributed by atoms with Crippen molar-refractivity contribution in [3.05, 3.63) is 76.9 Å². The first kappa shape index (κ1) is 27.0. The van der Waals surface area contributed by atoms with Gasteiger partial charge < -0.3 is 23.7 Å². The molecule has 9 heteroatoms. The van der Waals surface area contributed by atoms with Crippen LogP contribution in [0.3, 0.4) is 0 Å². The Morgan fingerprint density at radius 2 is 1.74 bits per heavy atom. The molecule has 8 nitrogen and oxygen atoms in total. The van der Waals surface area contributed by atoms with Crippen molar-refractivity contribution < 1.29 is 36.9 Å². The summed E-state index contributed by atoms with van der Waals surface area (Å²) < 4.78 is 51.1. The van der Waals surface area contributed by atoms with E-state index in [1.807, 2.05) is 42.5 Å². The van der Waals surface area contributed by atoms with E-state index in [1.165, 1.54) is 13.4 Å². The molecule has 0 bridgehead atoms. The second-order valence-electron chi connectivity index (χ2n) is 9.91. The van der Waals surface area contributed by atoms with Gasteiger partial charge in [0.25, 0.3) is 0 Å². The Kier molecular flexibility index (Phi) is 8.09. The Balaban J connectivity index is 1.26. The van der Waals surface area contributed by atoms with E-state index in [9.17, 15) is 13.2 Å². The number of methoxy groups -OCH3 is 1. The number of carbonyl (C=O) groups excluding carboxylic acids is 1. The van der Waals surface area contributed by atoms with Gasteiger partial charge in [0, 0.05) is 23.8 Å². The third-order valence-electron chi connectivity index (χ3n) is 6.90. The van der Waals surface area contributed by atoms with Crippen LogP contribution in [-0.4, -0.2) is 46.7 Å². The molecule has 5 rings (SSSR count). The second kappa shape index (κ2) is 11.7.